The Morgan fingerprint density at radius 1 is 0.475 bits per heavy atom. The van der Waals surface area contributed by atoms with Crippen LogP contribution >= 0.6 is 0 Å². The van der Waals surface area contributed by atoms with Crippen LogP contribution in [0.4, 0.5) is 11.4 Å². The summed E-state index contributed by atoms with van der Waals surface area (Å²) in [6.45, 7) is 4.79. The van der Waals surface area contributed by atoms with Crippen molar-refractivity contribution >= 4 is 38.8 Å². The average Bonchev–Trinajstić information content (AvgIpc) is 3.75. The lowest BCUT2D eigenvalue weighted by Gasteiger charge is -2.37. The number of fused-ring (bicyclic) bond motifs is 5. The lowest BCUT2D eigenvalue weighted by Crippen LogP contribution is -2.33. The molecule has 2 heteroatoms. The second kappa shape index (κ2) is 14.0. The molecule has 0 radical (unpaired) electrons. The van der Waals surface area contributed by atoms with Gasteiger partial charge >= 0.3 is 0 Å². The van der Waals surface area contributed by atoms with E-state index in [1.54, 1.807) is 0 Å². The Kier molecular flexibility index (Phi) is 8.34. The molecule has 8 aromatic carbocycles. The van der Waals surface area contributed by atoms with Crippen LogP contribution in [-0.2, 0) is 5.41 Å². The maximum Gasteiger partial charge on any atom is 0.0563 e. The molecule has 59 heavy (non-hydrogen) atoms. The van der Waals surface area contributed by atoms with Crippen LogP contribution in [0, 0.1) is 0 Å². The molecule has 1 atom stereocenters. The minimum Gasteiger partial charge on any atom is -0.334 e. The van der Waals surface area contributed by atoms with Gasteiger partial charge in [0.2, 0.25) is 0 Å². The van der Waals surface area contributed by atoms with E-state index >= 15 is 0 Å². The van der Waals surface area contributed by atoms with Gasteiger partial charge in [0.25, 0.3) is 0 Å². The first-order valence-electron chi connectivity index (χ1n) is 20.8. The van der Waals surface area contributed by atoms with Crippen LogP contribution in [0.3, 0.4) is 0 Å². The maximum absolute atomic E-state index is 2.55. The number of allylic oxidation sites excluding steroid dienone is 2. The van der Waals surface area contributed by atoms with Gasteiger partial charge in [-0.2, -0.15) is 0 Å². The van der Waals surface area contributed by atoms with E-state index in [1.165, 1.54) is 94.5 Å². The first kappa shape index (κ1) is 35.0. The third-order valence-corrected chi connectivity index (χ3v) is 12.8. The maximum atomic E-state index is 2.55. The summed E-state index contributed by atoms with van der Waals surface area (Å²) < 4.78 is 2.37. The molecule has 0 bridgehead atoms. The Labute approximate surface area is 346 Å². The van der Waals surface area contributed by atoms with Crippen LogP contribution in [0.1, 0.15) is 31.4 Å². The van der Waals surface area contributed by atoms with Gasteiger partial charge in [-0.25, -0.2) is 0 Å². The summed E-state index contributed by atoms with van der Waals surface area (Å²) in [7, 11) is 0. The number of aromatic nitrogens is 1. The van der Waals surface area contributed by atoms with E-state index in [0.29, 0.717) is 0 Å². The van der Waals surface area contributed by atoms with Gasteiger partial charge in [0.05, 0.1) is 17.1 Å². The minimum absolute atomic E-state index is 0.0185. The Hall–Kier alpha value is -7.16. The van der Waals surface area contributed by atoms with Gasteiger partial charge in [-0.05, 0) is 117 Å². The molecule has 2 aliphatic rings. The van der Waals surface area contributed by atoms with E-state index in [1.807, 2.05) is 0 Å². The normalized spacial score (nSPS) is 15.4. The lowest BCUT2D eigenvalue weighted by molar-refractivity contribution is 0.585. The third kappa shape index (κ3) is 5.94. The molecule has 1 unspecified atom stereocenters. The highest BCUT2D eigenvalue weighted by molar-refractivity contribution is 6.10. The van der Waals surface area contributed by atoms with Crippen molar-refractivity contribution in [2.45, 2.75) is 31.7 Å². The second-order valence-corrected chi connectivity index (χ2v) is 16.5. The molecule has 9 aromatic rings. The van der Waals surface area contributed by atoms with Crippen molar-refractivity contribution in [1.82, 2.24) is 4.57 Å². The fourth-order valence-corrected chi connectivity index (χ4v) is 9.82. The van der Waals surface area contributed by atoms with E-state index < -0.39 is 0 Å². The lowest BCUT2D eigenvalue weighted by atomic mass is 9.77. The summed E-state index contributed by atoms with van der Waals surface area (Å²) in [5, 5.41) is 2.53. The van der Waals surface area contributed by atoms with Gasteiger partial charge in [0.15, 0.2) is 0 Å². The third-order valence-electron chi connectivity index (χ3n) is 12.8. The predicted molar refractivity (Wildman–Crippen MR) is 250 cm³/mol. The molecule has 1 aromatic heterocycles. The van der Waals surface area contributed by atoms with Gasteiger partial charge in [0.1, 0.15) is 0 Å². The fourth-order valence-electron chi connectivity index (χ4n) is 9.82. The Bertz CT molecular complexity index is 3070. The van der Waals surface area contributed by atoms with E-state index in [0.717, 1.165) is 6.42 Å². The van der Waals surface area contributed by atoms with E-state index in [2.05, 4.69) is 236 Å². The fraction of sp³-hybridized carbons (Fsp3) is 0.0877. The highest BCUT2D eigenvalue weighted by Gasteiger charge is 2.40. The summed E-state index contributed by atoms with van der Waals surface area (Å²) in [6.07, 6.45) is 5.78. The molecule has 11 rings (SSSR count). The van der Waals surface area contributed by atoms with Crippen LogP contribution in [0.5, 0.6) is 0 Å². The SMILES string of the molecule is CC1(C)C2=C(C=CC(N(c3ccc(-c4ccc(-c5ccc6c(c5)c5ccccc5n6-c5ccccc5)cc4)cc3)c3cccc(-c4ccccc4)c3)C2)c2ccccc21. The molecule has 1 heterocycles. The minimum atomic E-state index is -0.0185. The van der Waals surface area contributed by atoms with Crippen molar-refractivity contribution in [3.05, 3.63) is 229 Å². The summed E-state index contributed by atoms with van der Waals surface area (Å²) in [5.74, 6) is 0. The topological polar surface area (TPSA) is 8.17 Å². The van der Waals surface area contributed by atoms with Crippen molar-refractivity contribution in [2.24, 2.45) is 0 Å². The quantitative estimate of drug-likeness (QED) is 0.157. The van der Waals surface area contributed by atoms with Crippen LogP contribution in [0.2, 0.25) is 0 Å². The smallest absolute Gasteiger partial charge is 0.0563 e. The molecule has 0 amide bonds. The first-order valence-corrected chi connectivity index (χ1v) is 20.8. The number of rotatable bonds is 7. The average molecular weight is 757 g/mol. The van der Waals surface area contributed by atoms with E-state index in [4.69, 9.17) is 0 Å². The molecule has 0 aliphatic heterocycles. The zero-order valence-electron chi connectivity index (χ0n) is 33.4. The zero-order valence-corrected chi connectivity index (χ0v) is 33.4. The largest absolute Gasteiger partial charge is 0.334 e. The predicted octanol–water partition coefficient (Wildman–Crippen LogP) is 15.0. The van der Waals surface area contributed by atoms with Gasteiger partial charge in [-0.3, -0.25) is 0 Å². The highest BCUT2D eigenvalue weighted by Crippen LogP contribution is 2.51. The molecule has 0 fully saturated rings. The molecular formula is C57H44N2. The van der Waals surface area contributed by atoms with Crippen molar-refractivity contribution < 1.29 is 0 Å². The molecular weight excluding hydrogens is 713 g/mol. The highest BCUT2D eigenvalue weighted by atomic mass is 15.2. The van der Waals surface area contributed by atoms with Crippen LogP contribution in [0.15, 0.2) is 218 Å². The first-order chi connectivity index (χ1) is 29.0. The Morgan fingerprint density at radius 2 is 1.05 bits per heavy atom. The second-order valence-electron chi connectivity index (χ2n) is 16.5. The summed E-state index contributed by atoms with van der Waals surface area (Å²) in [5.41, 5.74) is 19.0. The van der Waals surface area contributed by atoms with Crippen LogP contribution in [-0.4, -0.2) is 10.6 Å². The van der Waals surface area contributed by atoms with E-state index in [-0.39, 0.29) is 11.5 Å². The number of nitrogens with zero attached hydrogens (tertiary/aromatic N) is 2. The standard InChI is InChI=1S/C57H44N2/c1-57(2)53-22-11-9-20-49(53)50-34-33-48(38-54(50)57)58(47-19-13-16-43(36-47)39-14-5-3-6-15-39)46-31-28-41(29-32-46)40-24-26-42(27-25-40)44-30-35-56-52(37-44)51-21-10-12-23-55(51)59(56)45-17-7-4-8-18-45/h3-37,48H,38H2,1-2H3. The number of hydrogen-bond acceptors (Lipinski definition) is 1. The Balaban J connectivity index is 0.920. The monoisotopic (exact) mass is 756 g/mol. The van der Waals surface area contributed by atoms with Gasteiger partial charge < -0.3 is 9.47 Å². The van der Waals surface area contributed by atoms with Crippen LogP contribution < -0.4 is 4.90 Å². The molecule has 0 spiro atoms. The molecule has 2 aliphatic carbocycles. The number of para-hydroxylation sites is 2. The molecule has 2 nitrogen and oxygen atoms in total. The van der Waals surface area contributed by atoms with Crippen molar-refractivity contribution in [3.8, 4) is 39.1 Å². The number of anilines is 2. The van der Waals surface area contributed by atoms with Gasteiger partial charge in [-0.1, -0.05) is 172 Å². The molecule has 282 valence electrons. The summed E-state index contributed by atoms with van der Waals surface area (Å²) >= 11 is 0. The Morgan fingerprint density at radius 3 is 1.83 bits per heavy atom. The summed E-state index contributed by atoms with van der Waals surface area (Å²) in [4.78, 5) is 2.55. The van der Waals surface area contributed by atoms with Crippen LogP contribution in [0.25, 0.3) is 66.4 Å². The van der Waals surface area contributed by atoms with Crippen molar-refractivity contribution in [1.29, 1.82) is 0 Å². The summed E-state index contributed by atoms with van der Waals surface area (Å²) in [6, 6.07) is 73.4. The van der Waals surface area contributed by atoms with E-state index in [9.17, 15) is 0 Å². The van der Waals surface area contributed by atoms with Crippen molar-refractivity contribution in [3.63, 3.8) is 0 Å². The zero-order chi connectivity index (χ0) is 39.5. The molecule has 0 saturated carbocycles. The number of hydrogen-bond donors (Lipinski definition) is 0. The molecule has 0 N–H and O–H groups in total. The van der Waals surface area contributed by atoms with Gasteiger partial charge in [-0.15, -0.1) is 0 Å². The van der Waals surface area contributed by atoms with Crippen molar-refractivity contribution in [2.75, 3.05) is 4.90 Å². The number of benzene rings is 8. The van der Waals surface area contributed by atoms with Gasteiger partial charge in [0, 0.05) is 33.2 Å². The molecule has 0 saturated heterocycles.